The maximum Gasteiger partial charge on any atom is 0.227 e. The first-order valence-corrected chi connectivity index (χ1v) is 11.2. The Morgan fingerprint density at radius 2 is 2.00 bits per heavy atom. The average Bonchev–Trinajstić information content (AvgIpc) is 3.13. The summed E-state index contributed by atoms with van der Waals surface area (Å²) in [5.74, 6) is 0.715. The zero-order valence-electron chi connectivity index (χ0n) is 16.2. The van der Waals surface area contributed by atoms with Crippen LogP contribution in [0.15, 0.2) is 28.8 Å². The number of anilines is 1. The van der Waals surface area contributed by atoms with Crippen molar-refractivity contribution >= 4 is 21.6 Å². The van der Waals surface area contributed by atoms with E-state index in [4.69, 9.17) is 4.52 Å². The van der Waals surface area contributed by atoms with E-state index in [1.807, 2.05) is 25.1 Å². The molecular weight excluding hydrogens is 380 g/mol. The number of unbranched alkanes of at least 4 members (excludes halogenated alkanes) is 1. The molecule has 9 heteroatoms. The van der Waals surface area contributed by atoms with E-state index < -0.39 is 10.0 Å². The molecule has 0 atom stereocenters. The molecule has 8 nitrogen and oxygen atoms in total. The van der Waals surface area contributed by atoms with Crippen LogP contribution in [0.4, 0.5) is 5.69 Å². The Labute approximate surface area is 165 Å². The summed E-state index contributed by atoms with van der Waals surface area (Å²) in [6.07, 6.45) is 2.54. The zero-order valence-corrected chi connectivity index (χ0v) is 17.0. The summed E-state index contributed by atoms with van der Waals surface area (Å²) in [5, 5.41) is 6.86. The lowest BCUT2D eigenvalue weighted by molar-refractivity contribution is -0.120. The molecule has 1 aliphatic rings. The van der Waals surface area contributed by atoms with Crippen molar-refractivity contribution in [3.05, 3.63) is 30.2 Å². The van der Waals surface area contributed by atoms with Gasteiger partial charge in [-0.15, -0.1) is 0 Å². The van der Waals surface area contributed by atoms with Gasteiger partial charge in [-0.05, 0) is 31.4 Å². The Hall–Kier alpha value is -2.26. The average molecular weight is 407 g/mol. The van der Waals surface area contributed by atoms with Gasteiger partial charge in [0.2, 0.25) is 27.6 Å². The zero-order chi connectivity index (χ0) is 20.1. The third-order valence-corrected chi connectivity index (χ3v) is 6.88. The highest BCUT2D eigenvalue weighted by Gasteiger charge is 2.31. The van der Waals surface area contributed by atoms with Gasteiger partial charge in [-0.1, -0.05) is 30.6 Å². The van der Waals surface area contributed by atoms with E-state index in [-0.39, 0.29) is 17.6 Å². The molecule has 1 aromatic heterocycles. The predicted octanol–water partition coefficient (Wildman–Crippen LogP) is 2.83. The number of aromatic nitrogens is 2. The highest BCUT2D eigenvalue weighted by Crippen LogP contribution is 2.27. The molecule has 28 heavy (non-hydrogen) atoms. The first kappa shape index (κ1) is 20.5. The van der Waals surface area contributed by atoms with E-state index in [9.17, 15) is 13.2 Å². The standard InChI is InChI=1S/C19H26N4O4S/c1-3-4-13-28(25,26)23-11-9-15(10-12-23)19(24)21-17-8-6-5-7-16(17)18-20-14(2)27-22-18/h5-8,15H,3-4,9-13H2,1-2H3,(H,21,24). The molecule has 1 saturated heterocycles. The van der Waals surface area contributed by atoms with Gasteiger partial charge in [0.25, 0.3) is 0 Å². The van der Waals surface area contributed by atoms with Crippen LogP contribution in [-0.4, -0.2) is 47.6 Å². The Morgan fingerprint density at radius 3 is 2.64 bits per heavy atom. The lowest BCUT2D eigenvalue weighted by Gasteiger charge is -2.30. The number of carbonyl (C=O) groups is 1. The van der Waals surface area contributed by atoms with Gasteiger partial charge in [-0.3, -0.25) is 4.79 Å². The SMILES string of the molecule is CCCCS(=O)(=O)N1CCC(C(=O)Nc2ccccc2-c2noc(C)n2)CC1. The van der Waals surface area contributed by atoms with E-state index in [0.717, 1.165) is 6.42 Å². The Kier molecular flexibility index (Phi) is 6.46. The van der Waals surface area contributed by atoms with E-state index in [1.54, 1.807) is 13.0 Å². The second-order valence-electron chi connectivity index (χ2n) is 7.01. The molecule has 1 N–H and O–H groups in total. The first-order chi connectivity index (χ1) is 13.4. The van der Waals surface area contributed by atoms with Crippen molar-refractivity contribution in [2.45, 2.75) is 39.5 Å². The van der Waals surface area contributed by atoms with Gasteiger partial charge < -0.3 is 9.84 Å². The number of hydrogen-bond acceptors (Lipinski definition) is 6. The molecule has 2 heterocycles. The Bertz CT molecular complexity index is 918. The van der Waals surface area contributed by atoms with Crippen LogP contribution in [0.25, 0.3) is 11.4 Å². The van der Waals surface area contributed by atoms with Crippen molar-refractivity contribution < 1.29 is 17.7 Å². The van der Waals surface area contributed by atoms with Crippen LogP contribution in [0.3, 0.4) is 0 Å². The smallest absolute Gasteiger partial charge is 0.227 e. The van der Waals surface area contributed by atoms with Gasteiger partial charge in [0.1, 0.15) is 0 Å². The van der Waals surface area contributed by atoms with Gasteiger partial charge in [0.15, 0.2) is 0 Å². The summed E-state index contributed by atoms with van der Waals surface area (Å²) in [4.78, 5) is 17.0. The van der Waals surface area contributed by atoms with Crippen molar-refractivity contribution in [3.8, 4) is 11.4 Å². The first-order valence-electron chi connectivity index (χ1n) is 9.59. The van der Waals surface area contributed by atoms with Crippen molar-refractivity contribution in [1.82, 2.24) is 14.4 Å². The predicted molar refractivity (Wildman–Crippen MR) is 106 cm³/mol. The van der Waals surface area contributed by atoms with Gasteiger partial charge >= 0.3 is 0 Å². The van der Waals surface area contributed by atoms with Gasteiger partial charge in [-0.25, -0.2) is 12.7 Å². The fourth-order valence-corrected chi connectivity index (χ4v) is 4.96. The Balaban J connectivity index is 1.63. The minimum Gasteiger partial charge on any atom is -0.339 e. The number of aryl methyl sites for hydroxylation is 1. The van der Waals surface area contributed by atoms with E-state index in [0.29, 0.717) is 55.3 Å². The molecule has 0 aliphatic carbocycles. The van der Waals surface area contributed by atoms with E-state index in [2.05, 4.69) is 15.5 Å². The van der Waals surface area contributed by atoms with Gasteiger partial charge in [0, 0.05) is 31.5 Å². The molecule has 1 amide bonds. The van der Waals surface area contributed by atoms with Crippen molar-refractivity contribution in [2.75, 3.05) is 24.2 Å². The molecule has 2 aromatic rings. The highest BCUT2D eigenvalue weighted by molar-refractivity contribution is 7.89. The summed E-state index contributed by atoms with van der Waals surface area (Å²) in [7, 11) is -3.22. The molecule has 0 spiro atoms. The molecule has 1 fully saturated rings. The van der Waals surface area contributed by atoms with Gasteiger partial charge in [0.05, 0.1) is 11.4 Å². The topological polar surface area (TPSA) is 105 Å². The van der Waals surface area contributed by atoms with Crippen LogP contribution >= 0.6 is 0 Å². The molecule has 3 rings (SSSR count). The van der Waals surface area contributed by atoms with Crippen molar-refractivity contribution in [1.29, 1.82) is 0 Å². The number of nitrogens with one attached hydrogen (secondary N) is 1. The lowest BCUT2D eigenvalue weighted by atomic mass is 9.97. The fourth-order valence-electron chi connectivity index (χ4n) is 3.28. The van der Waals surface area contributed by atoms with Crippen LogP contribution in [-0.2, 0) is 14.8 Å². The third-order valence-electron chi connectivity index (χ3n) is 4.93. The number of sulfonamides is 1. The largest absolute Gasteiger partial charge is 0.339 e. The second-order valence-corrected chi connectivity index (χ2v) is 9.10. The number of benzene rings is 1. The van der Waals surface area contributed by atoms with Crippen LogP contribution < -0.4 is 5.32 Å². The van der Waals surface area contributed by atoms with Crippen molar-refractivity contribution in [3.63, 3.8) is 0 Å². The molecule has 1 aliphatic heterocycles. The van der Waals surface area contributed by atoms with Crippen molar-refractivity contribution in [2.24, 2.45) is 5.92 Å². The second kappa shape index (κ2) is 8.83. The molecule has 0 unspecified atom stereocenters. The van der Waals surface area contributed by atoms with Gasteiger partial charge in [-0.2, -0.15) is 4.98 Å². The summed E-state index contributed by atoms with van der Waals surface area (Å²) in [6, 6.07) is 7.29. The minimum absolute atomic E-state index is 0.113. The number of amides is 1. The number of rotatable bonds is 7. The summed E-state index contributed by atoms with van der Waals surface area (Å²) in [6.45, 7) is 4.45. The van der Waals surface area contributed by atoms with Crippen LogP contribution in [0, 0.1) is 12.8 Å². The highest BCUT2D eigenvalue weighted by atomic mass is 32.2. The van der Waals surface area contributed by atoms with E-state index >= 15 is 0 Å². The quantitative estimate of drug-likeness (QED) is 0.758. The van der Waals surface area contributed by atoms with E-state index in [1.165, 1.54) is 4.31 Å². The third kappa shape index (κ3) is 4.77. The summed E-state index contributed by atoms with van der Waals surface area (Å²) < 4.78 is 31.2. The number of carbonyl (C=O) groups excluding carboxylic acids is 1. The summed E-state index contributed by atoms with van der Waals surface area (Å²) in [5.41, 5.74) is 1.30. The number of para-hydroxylation sites is 1. The number of nitrogens with zero attached hydrogens (tertiary/aromatic N) is 3. The molecule has 1 aromatic carbocycles. The number of piperidine rings is 1. The minimum atomic E-state index is -3.22. The molecule has 0 radical (unpaired) electrons. The molecular formula is C19H26N4O4S. The molecule has 0 bridgehead atoms. The molecule has 0 saturated carbocycles. The monoisotopic (exact) mass is 406 g/mol. The maximum absolute atomic E-state index is 12.7. The molecule has 152 valence electrons. The lowest BCUT2D eigenvalue weighted by Crippen LogP contribution is -2.42. The Morgan fingerprint density at radius 1 is 1.29 bits per heavy atom. The summed E-state index contributed by atoms with van der Waals surface area (Å²) >= 11 is 0. The maximum atomic E-state index is 12.7. The van der Waals surface area contributed by atoms with Crippen LogP contribution in [0.2, 0.25) is 0 Å². The number of hydrogen-bond donors (Lipinski definition) is 1. The van der Waals surface area contributed by atoms with Crippen LogP contribution in [0.5, 0.6) is 0 Å². The fraction of sp³-hybridized carbons (Fsp3) is 0.526. The normalized spacial score (nSPS) is 16.2. The van der Waals surface area contributed by atoms with Crippen LogP contribution in [0.1, 0.15) is 38.5 Å².